The molecule has 0 spiro atoms. The van der Waals surface area contributed by atoms with Gasteiger partial charge in [-0.25, -0.2) is 0 Å². The molecule has 1 aromatic heterocycles. The Morgan fingerprint density at radius 1 is 1.39 bits per heavy atom. The summed E-state index contributed by atoms with van der Waals surface area (Å²) in [6.45, 7) is 6.27. The summed E-state index contributed by atoms with van der Waals surface area (Å²) in [6, 6.07) is 4.72. The summed E-state index contributed by atoms with van der Waals surface area (Å²) in [5.74, 6) is 1.83. The number of hydrogen-bond acceptors (Lipinski definition) is 4. The molecule has 1 atom stereocenters. The first-order chi connectivity index (χ1) is 8.72. The van der Waals surface area contributed by atoms with Gasteiger partial charge in [-0.3, -0.25) is 0 Å². The molecule has 0 aliphatic heterocycles. The smallest absolute Gasteiger partial charge is 0.151 e. The highest BCUT2D eigenvalue weighted by Crippen LogP contribution is 2.35. The highest BCUT2D eigenvalue weighted by Gasteiger charge is 2.31. The van der Waals surface area contributed by atoms with Crippen LogP contribution in [-0.2, 0) is 6.54 Å². The van der Waals surface area contributed by atoms with E-state index in [1.54, 1.807) is 0 Å². The van der Waals surface area contributed by atoms with Crippen LogP contribution in [0.4, 0.5) is 5.82 Å². The monoisotopic (exact) mass is 248 g/mol. The highest BCUT2D eigenvalue weighted by molar-refractivity contribution is 5.38. The minimum atomic E-state index is 0.573. The van der Waals surface area contributed by atoms with Gasteiger partial charge in [0.05, 0.1) is 5.69 Å². The van der Waals surface area contributed by atoms with Crippen molar-refractivity contribution in [3.8, 4) is 0 Å². The summed E-state index contributed by atoms with van der Waals surface area (Å²) >= 11 is 0. The van der Waals surface area contributed by atoms with Crippen LogP contribution in [-0.4, -0.2) is 29.8 Å². The number of hydrogen-bond donors (Lipinski definition) is 1. The van der Waals surface area contributed by atoms with Gasteiger partial charge in [0.15, 0.2) is 5.82 Å². The van der Waals surface area contributed by atoms with Crippen molar-refractivity contribution >= 4 is 5.82 Å². The Morgan fingerprint density at radius 2 is 2.17 bits per heavy atom. The molecular weight excluding hydrogens is 224 g/mol. The van der Waals surface area contributed by atoms with E-state index < -0.39 is 0 Å². The standard InChI is InChI=1S/C14H24N4/c1-4-9-15-10-13-7-8-14(17-16-13)18(3)11(2)12-5-6-12/h7-8,11-12,15H,4-6,9-10H2,1-3H3. The molecule has 2 rings (SSSR count). The van der Waals surface area contributed by atoms with Crippen molar-refractivity contribution in [2.24, 2.45) is 5.92 Å². The van der Waals surface area contributed by atoms with E-state index in [4.69, 9.17) is 0 Å². The van der Waals surface area contributed by atoms with Gasteiger partial charge in [0.2, 0.25) is 0 Å². The van der Waals surface area contributed by atoms with E-state index in [-0.39, 0.29) is 0 Å². The molecule has 0 bridgehead atoms. The first kappa shape index (κ1) is 13.3. The van der Waals surface area contributed by atoms with Crippen LogP contribution in [0.2, 0.25) is 0 Å². The summed E-state index contributed by atoms with van der Waals surface area (Å²) in [7, 11) is 2.11. The van der Waals surface area contributed by atoms with Crippen LogP contribution in [0.15, 0.2) is 12.1 Å². The first-order valence-electron chi connectivity index (χ1n) is 6.98. The molecule has 1 aromatic rings. The predicted octanol–water partition coefficient (Wildman–Crippen LogP) is 2.21. The van der Waals surface area contributed by atoms with E-state index in [1.165, 1.54) is 12.8 Å². The molecule has 0 amide bonds. The van der Waals surface area contributed by atoms with Crippen molar-refractivity contribution in [1.82, 2.24) is 15.5 Å². The Kier molecular flexibility index (Phi) is 4.53. The van der Waals surface area contributed by atoms with Crippen molar-refractivity contribution in [1.29, 1.82) is 0 Å². The van der Waals surface area contributed by atoms with Crippen molar-refractivity contribution in [2.45, 2.75) is 45.7 Å². The van der Waals surface area contributed by atoms with Crippen molar-refractivity contribution in [3.05, 3.63) is 17.8 Å². The second-order valence-corrected chi connectivity index (χ2v) is 5.25. The van der Waals surface area contributed by atoms with Gasteiger partial charge >= 0.3 is 0 Å². The van der Waals surface area contributed by atoms with E-state index >= 15 is 0 Å². The fourth-order valence-electron chi connectivity index (χ4n) is 2.13. The molecule has 1 fully saturated rings. The average Bonchev–Trinajstić information content (AvgIpc) is 3.22. The maximum absolute atomic E-state index is 4.32. The number of anilines is 1. The number of aromatic nitrogens is 2. The quantitative estimate of drug-likeness (QED) is 0.751. The molecule has 1 aliphatic carbocycles. The second kappa shape index (κ2) is 6.14. The Bertz CT molecular complexity index is 359. The Hall–Kier alpha value is -1.16. The van der Waals surface area contributed by atoms with Crippen molar-refractivity contribution in [2.75, 3.05) is 18.5 Å². The molecule has 0 saturated heterocycles. The number of nitrogens with one attached hydrogen (secondary N) is 1. The Labute approximate surface area is 110 Å². The zero-order valence-corrected chi connectivity index (χ0v) is 11.7. The van der Waals surface area contributed by atoms with Gasteiger partial charge < -0.3 is 10.2 Å². The lowest BCUT2D eigenvalue weighted by Gasteiger charge is -2.25. The van der Waals surface area contributed by atoms with E-state index in [2.05, 4.69) is 53.4 Å². The lowest BCUT2D eigenvalue weighted by atomic mass is 10.2. The summed E-state index contributed by atoms with van der Waals surface area (Å²) in [4.78, 5) is 2.24. The molecule has 1 heterocycles. The van der Waals surface area contributed by atoms with Crippen LogP contribution < -0.4 is 10.2 Å². The number of nitrogens with zero attached hydrogens (tertiary/aromatic N) is 3. The maximum Gasteiger partial charge on any atom is 0.151 e. The van der Waals surface area contributed by atoms with E-state index in [0.717, 1.165) is 36.9 Å². The fraction of sp³-hybridized carbons (Fsp3) is 0.714. The Morgan fingerprint density at radius 3 is 2.72 bits per heavy atom. The van der Waals surface area contributed by atoms with E-state index in [0.29, 0.717) is 6.04 Å². The molecule has 18 heavy (non-hydrogen) atoms. The minimum Gasteiger partial charge on any atom is -0.355 e. The normalized spacial score (nSPS) is 16.6. The van der Waals surface area contributed by atoms with Crippen LogP contribution in [0.25, 0.3) is 0 Å². The molecular formula is C14H24N4. The zero-order valence-electron chi connectivity index (χ0n) is 11.7. The highest BCUT2D eigenvalue weighted by atomic mass is 15.3. The van der Waals surface area contributed by atoms with E-state index in [1.807, 2.05) is 0 Å². The van der Waals surface area contributed by atoms with Crippen molar-refractivity contribution in [3.63, 3.8) is 0 Å². The third kappa shape index (κ3) is 3.42. The van der Waals surface area contributed by atoms with Gasteiger partial charge in [0, 0.05) is 19.6 Å². The molecule has 1 unspecified atom stereocenters. The fourth-order valence-corrected chi connectivity index (χ4v) is 2.13. The van der Waals surface area contributed by atoms with Crippen LogP contribution in [0.5, 0.6) is 0 Å². The zero-order chi connectivity index (χ0) is 13.0. The molecule has 1 N–H and O–H groups in total. The molecule has 1 aliphatic rings. The van der Waals surface area contributed by atoms with E-state index in [9.17, 15) is 0 Å². The SMILES string of the molecule is CCCNCc1ccc(N(C)C(C)C2CC2)nn1. The molecule has 4 heteroatoms. The number of rotatable bonds is 7. The molecule has 4 nitrogen and oxygen atoms in total. The van der Waals surface area contributed by atoms with Gasteiger partial charge in [0.1, 0.15) is 0 Å². The van der Waals surface area contributed by atoms with Crippen LogP contribution in [0, 0.1) is 5.92 Å². The van der Waals surface area contributed by atoms with Gasteiger partial charge in [-0.1, -0.05) is 6.92 Å². The molecule has 1 saturated carbocycles. The second-order valence-electron chi connectivity index (χ2n) is 5.25. The third-order valence-electron chi connectivity index (χ3n) is 3.72. The average molecular weight is 248 g/mol. The summed E-state index contributed by atoms with van der Waals surface area (Å²) in [5, 5.41) is 11.9. The van der Waals surface area contributed by atoms with Crippen LogP contribution in [0.1, 0.15) is 38.8 Å². The summed E-state index contributed by atoms with van der Waals surface area (Å²) in [6.07, 6.45) is 3.86. The van der Waals surface area contributed by atoms with Gasteiger partial charge in [-0.2, -0.15) is 5.10 Å². The maximum atomic E-state index is 4.32. The first-order valence-corrected chi connectivity index (χ1v) is 6.98. The van der Waals surface area contributed by atoms with Crippen molar-refractivity contribution < 1.29 is 0 Å². The molecule has 0 radical (unpaired) electrons. The summed E-state index contributed by atoms with van der Waals surface area (Å²) < 4.78 is 0. The largest absolute Gasteiger partial charge is 0.355 e. The molecule has 100 valence electrons. The third-order valence-corrected chi connectivity index (χ3v) is 3.72. The van der Waals surface area contributed by atoms with Gasteiger partial charge in [0.25, 0.3) is 0 Å². The predicted molar refractivity (Wildman–Crippen MR) is 74.6 cm³/mol. The Balaban J connectivity index is 1.89. The minimum absolute atomic E-state index is 0.573. The van der Waals surface area contributed by atoms with Gasteiger partial charge in [-0.15, -0.1) is 5.10 Å². The summed E-state index contributed by atoms with van der Waals surface area (Å²) in [5.41, 5.74) is 1.01. The molecule has 0 aromatic carbocycles. The lowest BCUT2D eigenvalue weighted by molar-refractivity contribution is 0.598. The topological polar surface area (TPSA) is 41.0 Å². The lowest BCUT2D eigenvalue weighted by Crippen LogP contribution is -2.31. The van der Waals surface area contributed by atoms with Gasteiger partial charge in [-0.05, 0) is 50.8 Å². The van der Waals surface area contributed by atoms with Crippen LogP contribution >= 0.6 is 0 Å². The van der Waals surface area contributed by atoms with Crippen LogP contribution in [0.3, 0.4) is 0 Å².